The molecule has 4 heteroatoms. The first-order chi connectivity index (χ1) is 7.22. The number of esters is 1. The average Bonchev–Trinajstić information content (AvgIpc) is 2.98. The Morgan fingerprint density at radius 2 is 2.20 bits per heavy atom. The highest BCUT2D eigenvalue weighted by atomic mass is 16.6. The Morgan fingerprint density at radius 1 is 1.40 bits per heavy atom. The zero-order chi connectivity index (χ0) is 10.8. The lowest BCUT2D eigenvalue weighted by atomic mass is 10.1. The molecule has 4 nitrogen and oxygen atoms in total. The van der Waals surface area contributed by atoms with Crippen molar-refractivity contribution in [2.75, 3.05) is 6.61 Å². The third-order valence-electron chi connectivity index (χ3n) is 2.22. The zero-order valence-corrected chi connectivity index (χ0v) is 8.41. The van der Waals surface area contributed by atoms with Gasteiger partial charge in [0.1, 0.15) is 0 Å². The summed E-state index contributed by atoms with van der Waals surface area (Å²) >= 11 is 0. The quantitative estimate of drug-likeness (QED) is 0.571. The summed E-state index contributed by atoms with van der Waals surface area (Å²) in [6.07, 6.45) is 0.878. The van der Waals surface area contributed by atoms with Crippen molar-refractivity contribution in [3.63, 3.8) is 0 Å². The predicted molar refractivity (Wildman–Crippen MR) is 51.6 cm³/mol. The maximum absolute atomic E-state index is 11.1. The Morgan fingerprint density at radius 3 is 2.93 bits per heavy atom. The smallest absolute Gasteiger partial charge is 0.306 e. The highest BCUT2D eigenvalue weighted by Gasteiger charge is 2.29. The van der Waals surface area contributed by atoms with Crippen LogP contribution in [0.5, 0.6) is 17.2 Å². The lowest BCUT2D eigenvalue weighted by molar-refractivity contribution is -0.143. The second-order valence-corrected chi connectivity index (χ2v) is 3.29. The summed E-state index contributed by atoms with van der Waals surface area (Å²) in [6, 6.07) is 3.17. The van der Waals surface area contributed by atoms with Crippen molar-refractivity contribution >= 4 is 5.97 Å². The van der Waals surface area contributed by atoms with Crippen LogP contribution in [0.1, 0.15) is 18.9 Å². The van der Waals surface area contributed by atoms with Crippen molar-refractivity contribution in [2.45, 2.75) is 19.8 Å². The normalized spacial score (nSPS) is 11.5. The van der Waals surface area contributed by atoms with Crippen LogP contribution in [0.25, 0.3) is 0 Å². The molecule has 1 aliphatic heterocycles. The molecule has 0 unspecified atom stereocenters. The minimum atomic E-state index is -0.224. The van der Waals surface area contributed by atoms with Gasteiger partial charge in [0.2, 0.25) is 11.5 Å². The van der Waals surface area contributed by atoms with Gasteiger partial charge in [-0.3, -0.25) is 9.90 Å². The highest BCUT2D eigenvalue weighted by molar-refractivity contribution is 5.71. The molecule has 1 heterocycles. The lowest BCUT2D eigenvalue weighted by Crippen LogP contribution is -2.04. The molecule has 0 atom stereocenters. The number of benzene rings is 1. The van der Waals surface area contributed by atoms with Gasteiger partial charge in [0, 0.05) is 6.42 Å². The van der Waals surface area contributed by atoms with E-state index < -0.39 is 0 Å². The summed E-state index contributed by atoms with van der Waals surface area (Å²) in [5.74, 6) is 0.756. The summed E-state index contributed by atoms with van der Waals surface area (Å²) in [7, 11) is 0. The number of carbonyl (C=O) groups is 1. The van der Waals surface area contributed by atoms with Crippen molar-refractivity contribution in [3.05, 3.63) is 17.7 Å². The topological polar surface area (TPSA) is 58.7 Å². The average molecular weight is 207 g/mol. The summed E-state index contributed by atoms with van der Waals surface area (Å²) in [4.78, 5) is 11.1. The zero-order valence-electron chi connectivity index (χ0n) is 8.41. The first-order valence-electron chi connectivity index (χ1n) is 4.88. The molecular weight excluding hydrogens is 196 g/mol. The fraction of sp³-hybridized carbons (Fsp3) is 0.364. The molecule has 79 valence electrons. The highest BCUT2D eigenvalue weighted by Crippen LogP contribution is 2.54. The van der Waals surface area contributed by atoms with Gasteiger partial charge >= 0.3 is 5.97 Å². The van der Waals surface area contributed by atoms with E-state index in [4.69, 9.17) is 9.47 Å². The molecule has 0 aromatic heterocycles. The van der Waals surface area contributed by atoms with Gasteiger partial charge in [-0.2, -0.15) is 0 Å². The molecule has 1 aromatic rings. The standard InChI is InChI=1S/C11H11O4/c1-2-14-9(13)6-4-7-3-5-8(12)11-10(7)15-11/h3,5H,2,4,6H2,1H3. The molecule has 1 aromatic carbocycles. The second kappa shape index (κ2) is 3.81. The van der Waals surface area contributed by atoms with Gasteiger partial charge in [-0.05, 0) is 25.0 Å². The van der Waals surface area contributed by atoms with E-state index in [1.165, 1.54) is 6.07 Å². The summed E-state index contributed by atoms with van der Waals surface area (Å²) < 4.78 is 9.83. The molecule has 0 spiro atoms. The number of hydrogen-bond donors (Lipinski definition) is 0. The largest absolute Gasteiger partial charge is 0.466 e. The van der Waals surface area contributed by atoms with Crippen molar-refractivity contribution in [2.24, 2.45) is 0 Å². The molecule has 1 aliphatic rings. The summed E-state index contributed by atoms with van der Waals surface area (Å²) in [6.45, 7) is 2.17. The fourth-order valence-corrected chi connectivity index (χ4v) is 1.44. The lowest BCUT2D eigenvalue weighted by Gasteiger charge is -2.00. The van der Waals surface area contributed by atoms with Crippen molar-refractivity contribution in [3.8, 4) is 17.2 Å². The third-order valence-corrected chi connectivity index (χ3v) is 2.22. The predicted octanol–water partition coefficient (Wildman–Crippen LogP) is 2.43. The van der Waals surface area contributed by atoms with Crippen LogP contribution in [0.2, 0.25) is 0 Å². The van der Waals surface area contributed by atoms with Gasteiger partial charge in [0.05, 0.1) is 6.61 Å². The summed E-state index contributed by atoms with van der Waals surface area (Å²) in [5, 5.41) is 11.0. The van der Waals surface area contributed by atoms with Crippen LogP contribution >= 0.6 is 0 Å². The first-order valence-corrected chi connectivity index (χ1v) is 4.88. The molecule has 0 fully saturated rings. The van der Waals surface area contributed by atoms with Gasteiger partial charge in [0.15, 0.2) is 5.75 Å². The van der Waals surface area contributed by atoms with Crippen LogP contribution in [0, 0.1) is 0 Å². The number of rotatable bonds is 4. The molecular formula is C11H11O4. The molecule has 0 aliphatic carbocycles. The maximum Gasteiger partial charge on any atom is 0.306 e. The molecule has 2 rings (SSSR count). The molecule has 15 heavy (non-hydrogen) atoms. The van der Waals surface area contributed by atoms with Crippen LogP contribution in [0.4, 0.5) is 0 Å². The molecule has 0 amide bonds. The number of carbonyl (C=O) groups excluding carboxylic acids is 1. The van der Waals surface area contributed by atoms with E-state index in [-0.39, 0.29) is 11.7 Å². The Kier molecular flexibility index (Phi) is 2.49. The molecule has 0 saturated heterocycles. The Bertz CT molecular complexity index is 398. The van der Waals surface area contributed by atoms with Crippen LogP contribution < -0.4 is 4.74 Å². The maximum atomic E-state index is 11.1. The molecule has 0 N–H and O–H groups in total. The minimum Gasteiger partial charge on any atom is -0.466 e. The number of aryl methyl sites for hydroxylation is 1. The van der Waals surface area contributed by atoms with Crippen LogP contribution in [-0.4, -0.2) is 12.6 Å². The van der Waals surface area contributed by atoms with Gasteiger partial charge in [-0.25, -0.2) is 0 Å². The first kappa shape index (κ1) is 9.83. The van der Waals surface area contributed by atoms with Crippen molar-refractivity contribution in [1.29, 1.82) is 0 Å². The second-order valence-electron chi connectivity index (χ2n) is 3.29. The number of ether oxygens (including phenoxy) is 2. The van der Waals surface area contributed by atoms with E-state index in [9.17, 15) is 9.90 Å². The van der Waals surface area contributed by atoms with Crippen molar-refractivity contribution < 1.29 is 19.4 Å². The monoisotopic (exact) mass is 207 g/mol. The molecule has 0 bridgehead atoms. The van der Waals surface area contributed by atoms with E-state index in [0.29, 0.717) is 30.9 Å². The SMILES string of the molecule is CCOC(=O)CCc1ccc([O])c2c1O2. The van der Waals surface area contributed by atoms with Gasteiger partial charge in [-0.15, -0.1) is 0 Å². The van der Waals surface area contributed by atoms with Crippen LogP contribution in [-0.2, 0) is 21.1 Å². The Balaban J connectivity index is 1.93. The number of fused-ring (bicyclic) bond motifs is 1. The van der Waals surface area contributed by atoms with Gasteiger partial charge in [0.25, 0.3) is 0 Å². The number of hydrogen-bond acceptors (Lipinski definition) is 3. The van der Waals surface area contributed by atoms with E-state index in [1.54, 1.807) is 13.0 Å². The van der Waals surface area contributed by atoms with E-state index in [2.05, 4.69) is 0 Å². The van der Waals surface area contributed by atoms with Gasteiger partial charge < -0.3 is 9.47 Å². The third kappa shape index (κ3) is 2.03. The molecule has 1 radical (unpaired) electrons. The van der Waals surface area contributed by atoms with Crippen molar-refractivity contribution in [1.82, 2.24) is 0 Å². The van der Waals surface area contributed by atoms with E-state index >= 15 is 0 Å². The Labute approximate surface area is 87.4 Å². The van der Waals surface area contributed by atoms with Gasteiger partial charge in [-0.1, -0.05) is 6.07 Å². The van der Waals surface area contributed by atoms with Crippen LogP contribution in [0.15, 0.2) is 12.1 Å². The Hall–Kier alpha value is -1.71. The van der Waals surface area contributed by atoms with E-state index in [0.717, 1.165) is 5.56 Å². The van der Waals surface area contributed by atoms with E-state index in [1.807, 2.05) is 0 Å². The molecule has 0 saturated carbocycles. The summed E-state index contributed by atoms with van der Waals surface area (Å²) in [5.41, 5.74) is 0.901. The minimum absolute atomic E-state index is 0.0927. The fourth-order valence-electron chi connectivity index (χ4n) is 1.44. The van der Waals surface area contributed by atoms with Crippen LogP contribution in [0.3, 0.4) is 0 Å².